The molecular formula is C19H31NO. The molecule has 0 saturated heterocycles. The van der Waals surface area contributed by atoms with Gasteiger partial charge in [-0.25, -0.2) is 0 Å². The van der Waals surface area contributed by atoms with Crippen molar-refractivity contribution in [3.05, 3.63) is 35.4 Å². The second-order valence-electron chi connectivity index (χ2n) is 6.53. The lowest BCUT2D eigenvalue weighted by molar-refractivity contribution is 0.0642. The van der Waals surface area contributed by atoms with E-state index in [-0.39, 0.29) is 18.0 Å². The average Bonchev–Trinajstić information content (AvgIpc) is 2.43. The van der Waals surface area contributed by atoms with Crippen molar-refractivity contribution in [2.45, 2.75) is 78.8 Å². The van der Waals surface area contributed by atoms with Crippen molar-refractivity contribution in [1.29, 1.82) is 0 Å². The van der Waals surface area contributed by atoms with Crippen LogP contribution in [0.25, 0.3) is 0 Å². The third-order valence-electron chi connectivity index (χ3n) is 4.06. The van der Waals surface area contributed by atoms with E-state index in [0.29, 0.717) is 5.92 Å². The zero-order valence-electron chi connectivity index (χ0n) is 14.5. The topological polar surface area (TPSA) is 20.3 Å². The highest BCUT2D eigenvalue weighted by molar-refractivity contribution is 5.96. The maximum absolute atomic E-state index is 13.0. The Balaban J connectivity index is 3.09. The SMILES string of the molecule is CCCC[C@@H](C)c1ccccc1C(=O)N(C(C)C)C(C)C. The number of benzene rings is 1. The summed E-state index contributed by atoms with van der Waals surface area (Å²) in [6, 6.07) is 8.56. The van der Waals surface area contributed by atoms with Crippen LogP contribution < -0.4 is 0 Å². The van der Waals surface area contributed by atoms with Crippen LogP contribution in [0.5, 0.6) is 0 Å². The molecule has 1 rings (SSSR count). The Hall–Kier alpha value is -1.31. The van der Waals surface area contributed by atoms with Crippen LogP contribution in [-0.2, 0) is 0 Å². The molecule has 0 bridgehead atoms. The highest BCUT2D eigenvalue weighted by Crippen LogP contribution is 2.26. The van der Waals surface area contributed by atoms with Crippen LogP contribution in [-0.4, -0.2) is 22.9 Å². The minimum absolute atomic E-state index is 0.166. The number of rotatable bonds is 7. The van der Waals surface area contributed by atoms with E-state index in [1.54, 1.807) is 0 Å². The van der Waals surface area contributed by atoms with Gasteiger partial charge in [-0.2, -0.15) is 0 Å². The van der Waals surface area contributed by atoms with Gasteiger partial charge in [0.15, 0.2) is 0 Å². The normalized spacial score (nSPS) is 12.8. The van der Waals surface area contributed by atoms with Gasteiger partial charge in [0.2, 0.25) is 0 Å². The molecule has 0 aliphatic heterocycles. The predicted molar refractivity (Wildman–Crippen MR) is 90.8 cm³/mol. The zero-order chi connectivity index (χ0) is 16.0. The molecule has 118 valence electrons. The zero-order valence-corrected chi connectivity index (χ0v) is 14.5. The van der Waals surface area contributed by atoms with Gasteiger partial charge in [-0.1, -0.05) is 44.9 Å². The fraction of sp³-hybridized carbons (Fsp3) is 0.632. The van der Waals surface area contributed by atoms with Crippen molar-refractivity contribution in [3.8, 4) is 0 Å². The van der Waals surface area contributed by atoms with Crippen molar-refractivity contribution in [3.63, 3.8) is 0 Å². The van der Waals surface area contributed by atoms with Gasteiger partial charge < -0.3 is 4.90 Å². The summed E-state index contributed by atoms with van der Waals surface area (Å²) in [5.74, 6) is 0.602. The molecule has 0 N–H and O–H groups in total. The van der Waals surface area contributed by atoms with E-state index in [0.717, 1.165) is 12.0 Å². The first-order valence-electron chi connectivity index (χ1n) is 8.31. The molecule has 1 amide bonds. The molecule has 1 atom stereocenters. The Bertz CT molecular complexity index is 443. The number of nitrogens with zero attached hydrogens (tertiary/aromatic N) is 1. The molecule has 1 aromatic carbocycles. The Morgan fingerprint density at radius 2 is 1.62 bits per heavy atom. The van der Waals surface area contributed by atoms with E-state index in [1.165, 1.54) is 18.4 Å². The van der Waals surface area contributed by atoms with E-state index in [1.807, 2.05) is 23.1 Å². The first kappa shape index (κ1) is 17.7. The Kier molecular flexibility index (Phi) is 6.94. The summed E-state index contributed by atoms with van der Waals surface area (Å²) in [6.45, 7) is 12.8. The molecule has 2 nitrogen and oxygen atoms in total. The van der Waals surface area contributed by atoms with Gasteiger partial charge in [0.05, 0.1) is 0 Å². The summed E-state index contributed by atoms with van der Waals surface area (Å²) in [5, 5.41) is 0. The van der Waals surface area contributed by atoms with Crippen molar-refractivity contribution in [1.82, 2.24) is 4.90 Å². The van der Waals surface area contributed by atoms with E-state index in [4.69, 9.17) is 0 Å². The van der Waals surface area contributed by atoms with Gasteiger partial charge >= 0.3 is 0 Å². The van der Waals surface area contributed by atoms with Crippen molar-refractivity contribution in [2.24, 2.45) is 0 Å². The van der Waals surface area contributed by atoms with Gasteiger partial charge in [-0.05, 0) is 51.7 Å². The highest BCUT2D eigenvalue weighted by Gasteiger charge is 2.24. The van der Waals surface area contributed by atoms with Crippen LogP contribution in [0.15, 0.2) is 24.3 Å². The largest absolute Gasteiger partial charge is 0.334 e. The lowest BCUT2D eigenvalue weighted by Crippen LogP contribution is -2.42. The number of unbranched alkanes of at least 4 members (excludes halogenated alkanes) is 1. The number of hydrogen-bond donors (Lipinski definition) is 0. The molecule has 0 fully saturated rings. The third-order valence-corrected chi connectivity index (χ3v) is 4.06. The number of carbonyl (C=O) groups excluding carboxylic acids is 1. The molecule has 2 heteroatoms. The summed E-state index contributed by atoms with van der Waals surface area (Å²) in [5.41, 5.74) is 2.07. The van der Waals surface area contributed by atoms with E-state index in [2.05, 4.69) is 47.6 Å². The van der Waals surface area contributed by atoms with Crippen molar-refractivity contribution >= 4 is 5.91 Å². The van der Waals surface area contributed by atoms with Gasteiger partial charge in [-0.15, -0.1) is 0 Å². The number of hydrogen-bond acceptors (Lipinski definition) is 1. The fourth-order valence-electron chi connectivity index (χ4n) is 2.99. The second-order valence-corrected chi connectivity index (χ2v) is 6.53. The molecule has 21 heavy (non-hydrogen) atoms. The van der Waals surface area contributed by atoms with E-state index >= 15 is 0 Å². The van der Waals surface area contributed by atoms with Crippen LogP contribution in [0, 0.1) is 0 Å². The molecule has 0 aromatic heterocycles. The molecule has 0 spiro atoms. The quantitative estimate of drug-likeness (QED) is 0.672. The first-order valence-corrected chi connectivity index (χ1v) is 8.31. The van der Waals surface area contributed by atoms with Crippen molar-refractivity contribution < 1.29 is 4.79 Å². The predicted octanol–water partition coefficient (Wildman–Crippen LogP) is 5.24. The summed E-state index contributed by atoms with van der Waals surface area (Å²) >= 11 is 0. The number of amides is 1. The maximum atomic E-state index is 13.0. The van der Waals surface area contributed by atoms with Crippen LogP contribution >= 0.6 is 0 Å². The van der Waals surface area contributed by atoms with Gasteiger partial charge in [-0.3, -0.25) is 4.79 Å². The minimum atomic E-state index is 0.166. The van der Waals surface area contributed by atoms with Crippen LogP contribution in [0.1, 0.15) is 82.6 Å². The fourth-order valence-corrected chi connectivity index (χ4v) is 2.99. The molecule has 0 radical (unpaired) electrons. The summed E-state index contributed by atoms with van der Waals surface area (Å²) in [6.07, 6.45) is 3.55. The van der Waals surface area contributed by atoms with Crippen LogP contribution in [0.4, 0.5) is 0 Å². The minimum Gasteiger partial charge on any atom is -0.334 e. The van der Waals surface area contributed by atoms with E-state index in [9.17, 15) is 4.79 Å². The summed E-state index contributed by atoms with van der Waals surface area (Å²) in [4.78, 5) is 14.9. The average molecular weight is 289 g/mol. The smallest absolute Gasteiger partial charge is 0.254 e. The maximum Gasteiger partial charge on any atom is 0.254 e. The monoisotopic (exact) mass is 289 g/mol. The van der Waals surface area contributed by atoms with Crippen LogP contribution in [0.2, 0.25) is 0 Å². The molecule has 0 unspecified atom stereocenters. The molecular weight excluding hydrogens is 258 g/mol. The second kappa shape index (κ2) is 8.21. The summed E-state index contributed by atoms with van der Waals surface area (Å²) < 4.78 is 0. The van der Waals surface area contributed by atoms with Crippen LogP contribution in [0.3, 0.4) is 0 Å². The van der Waals surface area contributed by atoms with Gasteiger partial charge in [0.1, 0.15) is 0 Å². The molecule has 0 saturated carbocycles. The first-order chi connectivity index (χ1) is 9.90. The highest BCUT2D eigenvalue weighted by atomic mass is 16.2. The van der Waals surface area contributed by atoms with Gasteiger partial charge in [0.25, 0.3) is 5.91 Å². The molecule has 0 heterocycles. The Morgan fingerprint density at radius 3 is 2.14 bits per heavy atom. The summed E-state index contributed by atoms with van der Waals surface area (Å²) in [7, 11) is 0. The standard InChI is InChI=1S/C19H31NO/c1-7-8-11-16(6)17-12-9-10-13-18(17)19(21)20(14(2)3)15(4)5/h9-10,12-16H,7-8,11H2,1-6H3/t16-/m1/s1. The lowest BCUT2D eigenvalue weighted by atomic mass is 9.90. The number of carbonyl (C=O) groups is 1. The lowest BCUT2D eigenvalue weighted by Gasteiger charge is -2.32. The Morgan fingerprint density at radius 1 is 1.05 bits per heavy atom. The molecule has 0 aliphatic carbocycles. The molecule has 0 aliphatic rings. The third kappa shape index (κ3) is 4.59. The van der Waals surface area contributed by atoms with E-state index < -0.39 is 0 Å². The Labute approximate surface area is 130 Å². The van der Waals surface area contributed by atoms with Gasteiger partial charge in [0, 0.05) is 17.6 Å². The van der Waals surface area contributed by atoms with Crippen molar-refractivity contribution in [2.75, 3.05) is 0 Å². The molecule has 1 aromatic rings.